The molecule has 0 radical (unpaired) electrons. The molecule has 0 aromatic rings. The third-order valence-electron chi connectivity index (χ3n) is 13.0. The van der Waals surface area contributed by atoms with Crippen LogP contribution in [0, 0.1) is 59.2 Å². The number of rotatable bonds is 11. The fourth-order valence-corrected chi connectivity index (χ4v) is 8.89. The van der Waals surface area contributed by atoms with Crippen LogP contribution in [0.1, 0.15) is 211 Å². The summed E-state index contributed by atoms with van der Waals surface area (Å²) in [6.45, 7) is 19.6. The maximum Gasteiger partial charge on any atom is 0.0909 e. The largest absolute Gasteiger partial charge is 0.394 e. The number of hydrogen-bond acceptors (Lipinski definition) is 9. The number of hydrogen-bond donors (Lipinski definition) is 9. The second-order valence-electron chi connectivity index (χ2n) is 18.6. The molecule has 11 atom stereocenters. The van der Waals surface area contributed by atoms with E-state index in [9.17, 15) is 15.3 Å². The standard InChI is InChI=1S/C14H29NO.2C12H25NO.C11H13NO.C2H7N.H2/c1-4-11(2)12-8-6-5-7-9-14(3,16)13(15)10-12;1-3-7-12(13)8-5-6-10(9-12)11(14)4-2;1-3-7-12(13)8-5-6-10(4-2)11(14)9-12;1-2-3-4-5-6-7-8-9-11(12)10-13;1-2-3;/h11-13,16H,4-10,15H2,1-3H3;2*10-11,14H,3-9,13H2,1-2H3;11,13H,2-3,10,12H2,1H3;2-3H2,1H3;1H. The van der Waals surface area contributed by atoms with Crippen LogP contribution in [0.4, 0.5) is 0 Å². The van der Waals surface area contributed by atoms with Gasteiger partial charge in [0.2, 0.25) is 0 Å². The first-order valence-corrected chi connectivity index (χ1v) is 24.4. The molecule has 0 aliphatic heterocycles. The van der Waals surface area contributed by atoms with Gasteiger partial charge < -0.3 is 49.1 Å². The van der Waals surface area contributed by atoms with Crippen LogP contribution in [0.15, 0.2) is 0 Å². The van der Waals surface area contributed by atoms with E-state index in [1.54, 1.807) is 0 Å². The van der Waals surface area contributed by atoms with Crippen LogP contribution in [0.25, 0.3) is 0 Å². The van der Waals surface area contributed by atoms with Crippen LogP contribution in [-0.4, -0.2) is 74.5 Å². The Labute approximate surface area is 372 Å². The molecule has 9 nitrogen and oxygen atoms in total. The van der Waals surface area contributed by atoms with Crippen molar-refractivity contribution in [3.05, 3.63) is 0 Å². The second kappa shape index (κ2) is 35.7. The Morgan fingerprint density at radius 3 is 1.85 bits per heavy atom. The van der Waals surface area contributed by atoms with Crippen LogP contribution >= 0.6 is 0 Å². The maximum atomic E-state index is 10.3. The van der Waals surface area contributed by atoms with E-state index in [0.717, 1.165) is 122 Å². The van der Waals surface area contributed by atoms with Gasteiger partial charge in [-0.25, -0.2) is 0 Å². The summed E-state index contributed by atoms with van der Waals surface area (Å²) in [6.07, 6.45) is 24.8. The lowest BCUT2D eigenvalue weighted by Gasteiger charge is -2.39. The third kappa shape index (κ3) is 28.1. The van der Waals surface area contributed by atoms with Gasteiger partial charge in [-0.3, -0.25) is 0 Å². The van der Waals surface area contributed by atoms with Crippen molar-refractivity contribution in [2.75, 3.05) is 13.2 Å². The first-order chi connectivity index (χ1) is 28.4. The topological polar surface area (TPSA) is 211 Å². The lowest BCUT2D eigenvalue weighted by Crippen LogP contribution is -2.46. The molecule has 9 heteroatoms. The smallest absolute Gasteiger partial charge is 0.0909 e. The third-order valence-corrected chi connectivity index (χ3v) is 13.0. The molecule has 0 aromatic heterocycles. The molecule has 60 heavy (non-hydrogen) atoms. The molecule has 3 rings (SSSR count). The first kappa shape index (κ1) is 60.4. The predicted molar refractivity (Wildman–Crippen MR) is 260 cm³/mol. The average Bonchev–Trinajstić information content (AvgIpc) is 3.31. The summed E-state index contributed by atoms with van der Waals surface area (Å²) in [5.41, 5.74) is 28.3. The number of aliphatic hydroxyl groups excluding tert-OH is 3. The minimum Gasteiger partial charge on any atom is -0.394 e. The van der Waals surface area contributed by atoms with Gasteiger partial charge >= 0.3 is 0 Å². The lowest BCUT2D eigenvalue weighted by molar-refractivity contribution is 0.0140. The highest BCUT2D eigenvalue weighted by Gasteiger charge is 2.35. The molecule has 354 valence electrons. The zero-order chi connectivity index (χ0) is 46.0. The summed E-state index contributed by atoms with van der Waals surface area (Å²) in [6, 6.07) is -0.553. The van der Waals surface area contributed by atoms with Gasteiger partial charge in [-0.05, 0) is 138 Å². The lowest BCUT2D eigenvalue weighted by atomic mass is 9.72. The van der Waals surface area contributed by atoms with E-state index in [1.807, 2.05) is 13.8 Å². The molecule has 0 aromatic carbocycles. The average molecular weight is 848 g/mol. The molecule has 3 aliphatic carbocycles. The molecular weight excluding hydrogens is 747 g/mol. The molecule has 0 heterocycles. The monoisotopic (exact) mass is 848 g/mol. The molecule has 0 bridgehead atoms. The summed E-state index contributed by atoms with van der Waals surface area (Å²) in [5, 5.41) is 38.7. The summed E-state index contributed by atoms with van der Waals surface area (Å²) in [7, 11) is 0. The van der Waals surface area contributed by atoms with Crippen LogP contribution in [0.5, 0.6) is 0 Å². The van der Waals surface area contributed by atoms with Gasteiger partial charge in [0, 0.05) is 25.0 Å². The minimum atomic E-state index is -0.657. The van der Waals surface area contributed by atoms with Crippen molar-refractivity contribution >= 4 is 0 Å². The summed E-state index contributed by atoms with van der Waals surface area (Å²) in [4.78, 5) is 0. The normalized spacial score (nSPS) is 30.4. The Morgan fingerprint density at radius 1 is 0.750 bits per heavy atom. The SMILES string of the molecule is CCC(C)C1CCCCCC(C)(O)C(N)C1.CCCC#CC#CC#CC(N)CO.CCCC1(N)CCCC(C(O)CC)C1.CCCC1(N)CCCC(CC)C(O)C1.CCN.[HH]. The van der Waals surface area contributed by atoms with Gasteiger partial charge in [-0.15, -0.1) is 0 Å². The van der Waals surface area contributed by atoms with Crippen LogP contribution < -0.4 is 28.7 Å². The van der Waals surface area contributed by atoms with Crippen molar-refractivity contribution in [2.24, 2.45) is 52.3 Å². The van der Waals surface area contributed by atoms with Gasteiger partial charge in [0.25, 0.3) is 0 Å². The Balaban J connectivity index is -0.000000717. The fraction of sp³-hybridized carbons (Fsp3) is 0.882. The van der Waals surface area contributed by atoms with Gasteiger partial charge in [0.15, 0.2) is 0 Å². The highest BCUT2D eigenvalue weighted by atomic mass is 16.3. The Morgan fingerprint density at radius 2 is 1.32 bits per heavy atom. The molecule has 0 saturated heterocycles. The zero-order valence-corrected chi connectivity index (χ0v) is 40.5. The van der Waals surface area contributed by atoms with Crippen molar-refractivity contribution in [3.63, 3.8) is 0 Å². The highest BCUT2D eigenvalue weighted by molar-refractivity contribution is 5.36. The van der Waals surface area contributed by atoms with Gasteiger partial charge in [-0.1, -0.05) is 131 Å². The molecule has 3 saturated carbocycles. The van der Waals surface area contributed by atoms with Gasteiger partial charge in [-0.2, -0.15) is 0 Å². The fourth-order valence-electron chi connectivity index (χ4n) is 8.89. The number of nitrogens with two attached hydrogens (primary N) is 5. The molecule has 0 spiro atoms. The van der Waals surface area contributed by atoms with Crippen molar-refractivity contribution in [1.29, 1.82) is 0 Å². The molecular formula is C51H101N5O4. The molecule has 3 fully saturated rings. The van der Waals surface area contributed by atoms with Crippen LogP contribution in [-0.2, 0) is 0 Å². The van der Waals surface area contributed by atoms with E-state index < -0.39 is 11.6 Å². The van der Waals surface area contributed by atoms with Crippen molar-refractivity contribution in [3.8, 4) is 35.5 Å². The van der Waals surface area contributed by atoms with E-state index >= 15 is 0 Å². The summed E-state index contributed by atoms with van der Waals surface area (Å²) >= 11 is 0. The van der Waals surface area contributed by atoms with Crippen molar-refractivity contribution in [1.82, 2.24) is 0 Å². The Kier molecular flexibility index (Phi) is 36.0. The molecule has 14 N–H and O–H groups in total. The predicted octanol–water partition coefficient (Wildman–Crippen LogP) is 8.30. The van der Waals surface area contributed by atoms with E-state index in [2.05, 4.69) is 84.0 Å². The van der Waals surface area contributed by atoms with E-state index in [4.69, 9.17) is 33.8 Å². The number of aliphatic hydroxyl groups is 4. The molecule has 3 aliphatic rings. The quantitative estimate of drug-likeness (QED) is 0.0722. The van der Waals surface area contributed by atoms with Gasteiger partial charge in [0.1, 0.15) is 0 Å². The highest BCUT2D eigenvalue weighted by Crippen LogP contribution is 2.37. The van der Waals surface area contributed by atoms with E-state index in [0.29, 0.717) is 17.8 Å². The van der Waals surface area contributed by atoms with Gasteiger partial charge in [0.05, 0.1) is 30.5 Å². The summed E-state index contributed by atoms with van der Waals surface area (Å²) in [5.74, 6) is 18.1. The Bertz CT molecular complexity index is 1230. The van der Waals surface area contributed by atoms with E-state index in [1.165, 1.54) is 38.5 Å². The molecule has 11 unspecified atom stereocenters. The van der Waals surface area contributed by atoms with E-state index in [-0.39, 0.29) is 37.4 Å². The first-order valence-electron chi connectivity index (χ1n) is 24.4. The Hall–Kier alpha value is -1.68. The van der Waals surface area contributed by atoms with Crippen molar-refractivity contribution in [2.45, 2.75) is 251 Å². The summed E-state index contributed by atoms with van der Waals surface area (Å²) < 4.78 is 0. The minimum absolute atomic E-state index is 0. The zero-order valence-electron chi connectivity index (χ0n) is 40.5. The van der Waals surface area contributed by atoms with Crippen LogP contribution in [0.3, 0.4) is 0 Å². The van der Waals surface area contributed by atoms with Crippen LogP contribution in [0.2, 0.25) is 0 Å². The molecule has 0 amide bonds. The maximum absolute atomic E-state index is 10.3. The second-order valence-corrected chi connectivity index (χ2v) is 18.6. The van der Waals surface area contributed by atoms with Crippen molar-refractivity contribution < 1.29 is 21.9 Å². The number of unbranched alkanes of at least 4 members (excludes halogenated alkanes) is 1.